The number of ether oxygens (including phenoxy) is 4. The maximum Gasteiger partial charge on any atom is 0.291 e. The standard InChI is InChI=1S/C22H23NO6/c1-25-15-5-8-19(27-3)14(11-15)12-17-7-10-21(29-17)22(24)23-18-13-16(26-2)6-9-20(18)28-4/h5-11,13H,12H2,1-4H3,(H,23,24). The van der Waals surface area contributed by atoms with Crippen molar-refractivity contribution in [1.82, 2.24) is 0 Å². The molecule has 1 aromatic heterocycles. The SMILES string of the molecule is COc1ccc(OC)c(Cc2ccc(C(=O)Nc3cc(OC)ccc3OC)o2)c1. The van der Waals surface area contributed by atoms with E-state index in [1.165, 1.54) is 7.11 Å². The van der Waals surface area contributed by atoms with Crippen LogP contribution in [0.15, 0.2) is 52.9 Å². The van der Waals surface area contributed by atoms with E-state index in [9.17, 15) is 4.79 Å². The second kappa shape index (κ2) is 9.05. The molecule has 0 atom stereocenters. The first-order valence-corrected chi connectivity index (χ1v) is 8.91. The highest BCUT2D eigenvalue weighted by Crippen LogP contribution is 2.30. The highest BCUT2D eigenvalue weighted by atomic mass is 16.5. The summed E-state index contributed by atoms with van der Waals surface area (Å²) in [5, 5.41) is 2.79. The lowest BCUT2D eigenvalue weighted by atomic mass is 10.1. The van der Waals surface area contributed by atoms with Crippen LogP contribution in [0.5, 0.6) is 23.0 Å². The van der Waals surface area contributed by atoms with Gasteiger partial charge >= 0.3 is 0 Å². The lowest BCUT2D eigenvalue weighted by Gasteiger charge is -2.11. The monoisotopic (exact) mass is 397 g/mol. The molecule has 0 saturated carbocycles. The molecule has 1 N–H and O–H groups in total. The summed E-state index contributed by atoms with van der Waals surface area (Å²) < 4.78 is 26.9. The zero-order valence-corrected chi connectivity index (χ0v) is 16.8. The predicted molar refractivity (Wildman–Crippen MR) is 109 cm³/mol. The largest absolute Gasteiger partial charge is 0.497 e. The van der Waals surface area contributed by atoms with E-state index in [1.807, 2.05) is 18.2 Å². The molecule has 0 aliphatic rings. The summed E-state index contributed by atoms with van der Waals surface area (Å²) in [5.74, 6) is 2.98. The topological polar surface area (TPSA) is 79.2 Å². The zero-order valence-electron chi connectivity index (χ0n) is 16.8. The molecule has 29 heavy (non-hydrogen) atoms. The van der Waals surface area contributed by atoms with Gasteiger partial charge in [-0.2, -0.15) is 0 Å². The van der Waals surface area contributed by atoms with Crippen molar-refractivity contribution in [2.45, 2.75) is 6.42 Å². The molecule has 0 spiro atoms. The first kappa shape index (κ1) is 20.1. The van der Waals surface area contributed by atoms with Gasteiger partial charge in [-0.05, 0) is 42.5 Å². The average molecular weight is 397 g/mol. The van der Waals surface area contributed by atoms with Gasteiger partial charge in [0.25, 0.3) is 5.91 Å². The molecule has 0 saturated heterocycles. The number of hydrogen-bond acceptors (Lipinski definition) is 6. The smallest absolute Gasteiger partial charge is 0.291 e. The van der Waals surface area contributed by atoms with E-state index in [1.54, 1.807) is 51.7 Å². The first-order valence-electron chi connectivity index (χ1n) is 8.91. The lowest BCUT2D eigenvalue weighted by Crippen LogP contribution is -2.12. The van der Waals surface area contributed by atoms with E-state index in [4.69, 9.17) is 23.4 Å². The fraction of sp³-hybridized carbons (Fsp3) is 0.227. The lowest BCUT2D eigenvalue weighted by molar-refractivity contribution is 0.0994. The summed E-state index contributed by atoms with van der Waals surface area (Å²) in [5.41, 5.74) is 1.38. The Morgan fingerprint density at radius 1 is 0.828 bits per heavy atom. The third-order valence-electron chi connectivity index (χ3n) is 4.39. The summed E-state index contributed by atoms with van der Waals surface area (Å²) >= 11 is 0. The van der Waals surface area contributed by atoms with Crippen LogP contribution >= 0.6 is 0 Å². The molecule has 2 aromatic carbocycles. The van der Waals surface area contributed by atoms with Crippen LogP contribution in [0.3, 0.4) is 0 Å². The van der Waals surface area contributed by atoms with Crippen LogP contribution in [0, 0.1) is 0 Å². The van der Waals surface area contributed by atoms with Crippen molar-refractivity contribution in [3.05, 3.63) is 65.6 Å². The summed E-state index contributed by atoms with van der Waals surface area (Å²) in [7, 11) is 6.30. The Balaban J connectivity index is 1.78. The summed E-state index contributed by atoms with van der Waals surface area (Å²) in [6.45, 7) is 0. The number of carbonyl (C=O) groups is 1. The van der Waals surface area contributed by atoms with Gasteiger partial charge in [-0.1, -0.05) is 0 Å². The Hall–Kier alpha value is -3.61. The maximum atomic E-state index is 12.6. The van der Waals surface area contributed by atoms with Gasteiger partial charge in [0.15, 0.2) is 5.76 Å². The Labute approximate surface area is 169 Å². The van der Waals surface area contributed by atoms with Gasteiger partial charge in [-0.15, -0.1) is 0 Å². The highest BCUT2D eigenvalue weighted by molar-refractivity contribution is 6.03. The molecular weight excluding hydrogens is 374 g/mol. The summed E-state index contributed by atoms with van der Waals surface area (Å²) in [4.78, 5) is 12.6. The fourth-order valence-corrected chi connectivity index (χ4v) is 2.90. The quantitative estimate of drug-likeness (QED) is 0.615. The van der Waals surface area contributed by atoms with E-state index in [0.717, 1.165) is 11.3 Å². The molecule has 152 valence electrons. The number of hydrogen-bond donors (Lipinski definition) is 1. The van der Waals surface area contributed by atoms with Gasteiger partial charge in [0.05, 0.1) is 34.1 Å². The van der Waals surface area contributed by atoms with Crippen molar-refractivity contribution < 1.29 is 28.2 Å². The Morgan fingerprint density at radius 2 is 1.48 bits per heavy atom. The van der Waals surface area contributed by atoms with Gasteiger partial charge in [0.2, 0.25) is 0 Å². The molecule has 0 unspecified atom stereocenters. The van der Waals surface area contributed by atoms with Gasteiger partial charge in [-0.3, -0.25) is 4.79 Å². The molecule has 0 aliphatic heterocycles. The van der Waals surface area contributed by atoms with Crippen molar-refractivity contribution in [3.63, 3.8) is 0 Å². The summed E-state index contributed by atoms with van der Waals surface area (Å²) in [6.07, 6.45) is 0.454. The molecule has 0 radical (unpaired) electrons. The second-order valence-corrected chi connectivity index (χ2v) is 6.14. The Kier molecular flexibility index (Phi) is 6.29. The molecule has 1 amide bonds. The Morgan fingerprint density at radius 3 is 2.14 bits per heavy atom. The number of amides is 1. The van der Waals surface area contributed by atoms with Crippen LogP contribution in [0.2, 0.25) is 0 Å². The van der Waals surface area contributed by atoms with Crippen LogP contribution in [0.1, 0.15) is 21.9 Å². The van der Waals surface area contributed by atoms with Gasteiger partial charge in [0.1, 0.15) is 28.8 Å². The van der Waals surface area contributed by atoms with Crippen LogP contribution < -0.4 is 24.3 Å². The van der Waals surface area contributed by atoms with Crippen molar-refractivity contribution in [1.29, 1.82) is 0 Å². The number of rotatable bonds is 8. The third kappa shape index (κ3) is 4.63. The minimum atomic E-state index is -0.389. The van der Waals surface area contributed by atoms with Crippen molar-refractivity contribution in [2.75, 3.05) is 33.8 Å². The van der Waals surface area contributed by atoms with Crippen LogP contribution in [-0.2, 0) is 6.42 Å². The van der Waals surface area contributed by atoms with E-state index >= 15 is 0 Å². The number of methoxy groups -OCH3 is 4. The normalized spacial score (nSPS) is 10.3. The zero-order chi connectivity index (χ0) is 20.8. The molecule has 7 nitrogen and oxygen atoms in total. The third-order valence-corrected chi connectivity index (χ3v) is 4.39. The van der Waals surface area contributed by atoms with E-state index in [2.05, 4.69) is 5.32 Å². The van der Waals surface area contributed by atoms with Crippen molar-refractivity contribution in [2.24, 2.45) is 0 Å². The molecule has 0 bridgehead atoms. The molecule has 7 heteroatoms. The number of furan rings is 1. The predicted octanol–water partition coefficient (Wildman–Crippen LogP) is 4.16. The van der Waals surface area contributed by atoms with E-state index < -0.39 is 0 Å². The minimum absolute atomic E-state index is 0.187. The minimum Gasteiger partial charge on any atom is -0.497 e. The van der Waals surface area contributed by atoms with Gasteiger partial charge < -0.3 is 28.7 Å². The van der Waals surface area contributed by atoms with Crippen LogP contribution in [-0.4, -0.2) is 34.3 Å². The molecule has 3 rings (SSSR count). The van der Waals surface area contributed by atoms with Crippen molar-refractivity contribution >= 4 is 11.6 Å². The molecule has 3 aromatic rings. The first-order chi connectivity index (χ1) is 14.1. The fourth-order valence-electron chi connectivity index (χ4n) is 2.90. The Bertz CT molecular complexity index is 995. The molecule has 0 fully saturated rings. The molecular formula is C22H23NO6. The number of carbonyl (C=O) groups excluding carboxylic acids is 1. The van der Waals surface area contributed by atoms with E-state index in [0.29, 0.717) is 35.1 Å². The molecule has 0 aliphatic carbocycles. The van der Waals surface area contributed by atoms with Crippen molar-refractivity contribution in [3.8, 4) is 23.0 Å². The van der Waals surface area contributed by atoms with Crippen LogP contribution in [0.4, 0.5) is 5.69 Å². The number of anilines is 1. The average Bonchev–Trinajstić information content (AvgIpc) is 3.22. The maximum absolute atomic E-state index is 12.6. The molecule has 1 heterocycles. The highest BCUT2D eigenvalue weighted by Gasteiger charge is 2.16. The number of nitrogens with one attached hydrogen (secondary N) is 1. The van der Waals surface area contributed by atoms with E-state index in [-0.39, 0.29) is 11.7 Å². The summed E-state index contributed by atoms with van der Waals surface area (Å²) in [6, 6.07) is 14.1. The van der Waals surface area contributed by atoms with Crippen LogP contribution in [0.25, 0.3) is 0 Å². The van der Waals surface area contributed by atoms with Gasteiger partial charge in [-0.25, -0.2) is 0 Å². The second-order valence-electron chi connectivity index (χ2n) is 6.14. The number of benzene rings is 2. The van der Waals surface area contributed by atoms with Gasteiger partial charge in [0, 0.05) is 18.1 Å².